The molecule has 32 heavy (non-hydrogen) atoms. The fourth-order valence-electron chi connectivity index (χ4n) is 3.55. The van der Waals surface area contributed by atoms with Crippen molar-refractivity contribution in [3.63, 3.8) is 0 Å². The van der Waals surface area contributed by atoms with Gasteiger partial charge in [0.2, 0.25) is 0 Å². The summed E-state index contributed by atoms with van der Waals surface area (Å²) in [6, 6.07) is 6.51. The lowest BCUT2D eigenvalue weighted by Crippen LogP contribution is -2.43. The van der Waals surface area contributed by atoms with Crippen LogP contribution in [0.15, 0.2) is 50.3 Å². The number of fused-ring (bicyclic) bond motifs is 1. The van der Waals surface area contributed by atoms with E-state index in [0.29, 0.717) is 17.0 Å². The molecule has 0 unspecified atom stereocenters. The minimum absolute atomic E-state index is 0.183. The summed E-state index contributed by atoms with van der Waals surface area (Å²) in [5, 5.41) is 13.7. The number of nitrogens with zero attached hydrogens (tertiary/aromatic N) is 5. The molecule has 1 aliphatic heterocycles. The molecule has 5 rings (SSSR count). The maximum Gasteiger partial charge on any atom is 0.428 e. The second-order valence-electron chi connectivity index (χ2n) is 7.01. The second-order valence-corrected chi connectivity index (χ2v) is 7.01. The summed E-state index contributed by atoms with van der Waals surface area (Å²) in [6.07, 6.45) is 3.23. The molecule has 1 amide bonds. The Morgan fingerprint density at radius 2 is 2.03 bits per heavy atom. The quantitative estimate of drug-likeness (QED) is 0.465. The van der Waals surface area contributed by atoms with E-state index >= 15 is 0 Å². The highest BCUT2D eigenvalue weighted by Gasteiger charge is 2.22. The van der Waals surface area contributed by atoms with Crippen LogP contribution in [0.25, 0.3) is 17.1 Å². The normalized spacial score (nSPS) is 14.0. The average Bonchev–Trinajstić information content (AvgIpc) is 3.43. The Balaban J connectivity index is 1.42. The van der Waals surface area contributed by atoms with Crippen molar-refractivity contribution in [1.29, 1.82) is 0 Å². The summed E-state index contributed by atoms with van der Waals surface area (Å²) in [4.78, 5) is 31.4. The number of hydrogen-bond donors (Lipinski definition) is 2. The van der Waals surface area contributed by atoms with Crippen molar-refractivity contribution in [3.8, 4) is 11.8 Å². The summed E-state index contributed by atoms with van der Waals surface area (Å²) >= 11 is 0. The number of piperazine rings is 1. The Bertz CT molecular complexity index is 1340. The third-order valence-electron chi connectivity index (χ3n) is 5.09. The van der Waals surface area contributed by atoms with Crippen LogP contribution in [0.4, 0.5) is 11.4 Å². The Kier molecular flexibility index (Phi) is 5.03. The molecule has 1 aromatic carbocycles. The maximum atomic E-state index is 12.8. The molecule has 12 nitrogen and oxygen atoms in total. The lowest BCUT2D eigenvalue weighted by Gasteiger charge is -2.30. The molecule has 1 fully saturated rings. The number of amides is 1. The molecular weight excluding hydrogens is 418 g/mol. The van der Waals surface area contributed by atoms with Crippen molar-refractivity contribution in [2.24, 2.45) is 0 Å². The number of rotatable bonds is 5. The molecule has 164 valence electrons. The van der Waals surface area contributed by atoms with Gasteiger partial charge in [0, 0.05) is 38.4 Å². The first-order valence-corrected chi connectivity index (χ1v) is 9.88. The van der Waals surface area contributed by atoms with E-state index in [1.54, 1.807) is 30.6 Å². The van der Waals surface area contributed by atoms with Gasteiger partial charge in [-0.25, -0.2) is 4.79 Å². The van der Waals surface area contributed by atoms with Crippen LogP contribution in [-0.4, -0.2) is 58.9 Å². The molecule has 0 aliphatic carbocycles. The predicted molar refractivity (Wildman–Crippen MR) is 113 cm³/mol. The third-order valence-corrected chi connectivity index (χ3v) is 5.09. The molecule has 3 aromatic heterocycles. The molecule has 0 bridgehead atoms. The molecular formula is C20H19N7O5. The number of carbonyl (C=O) groups is 1. The van der Waals surface area contributed by atoms with Crippen molar-refractivity contribution in [2.75, 3.05) is 43.5 Å². The van der Waals surface area contributed by atoms with Crippen molar-refractivity contribution in [1.82, 2.24) is 25.1 Å². The van der Waals surface area contributed by atoms with Crippen LogP contribution in [0.2, 0.25) is 0 Å². The Hall–Kier alpha value is -4.19. The highest BCUT2D eigenvalue weighted by molar-refractivity contribution is 6.02. The van der Waals surface area contributed by atoms with Crippen LogP contribution in [-0.2, 0) is 0 Å². The summed E-state index contributed by atoms with van der Waals surface area (Å²) < 4.78 is 16.9. The van der Waals surface area contributed by atoms with Gasteiger partial charge in [-0.1, -0.05) is 5.10 Å². The molecule has 12 heteroatoms. The standard InChI is InChI=1S/C20H19N7O5/c1-30-12-2-3-15-16(10-12)31-20(29)27(15)19-25-24-18(32-19)17(28)23-13-11-22-5-4-14(13)26-8-6-21-7-9-26/h2-5,10-11,21H,6-9H2,1H3,(H,23,28). The molecule has 4 aromatic rings. The largest absolute Gasteiger partial charge is 0.497 e. The van der Waals surface area contributed by atoms with E-state index in [2.05, 4.69) is 30.7 Å². The Morgan fingerprint density at radius 3 is 2.84 bits per heavy atom. The number of nitrogens with one attached hydrogen (secondary N) is 2. The Labute approximate surface area is 180 Å². The number of pyridine rings is 1. The van der Waals surface area contributed by atoms with E-state index in [4.69, 9.17) is 13.6 Å². The van der Waals surface area contributed by atoms with Gasteiger partial charge in [0.1, 0.15) is 11.3 Å². The highest BCUT2D eigenvalue weighted by atomic mass is 16.5. The van der Waals surface area contributed by atoms with Gasteiger partial charge in [-0.05, 0) is 18.2 Å². The van der Waals surface area contributed by atoms with Crippen molar-refractivity contribution >= 4 is 28.4 Å². The molecule has 0 saturated carbocycles. The average molecular weight is 437 g/mol. The number of ether oxygens (including phenoxy) is 1. The SMILES string of the molecule is COc1ccc2c(c1)oc(=O)n2-c1nnc(C(=O)Nc2cnccc2N2CCNCC2)o1. The lowest BCUT2D eigenvalue weighted by atomic mass is 10.2. The van der Waals surface area contributed by atoms with Gasteiger partial charge >= 0.3 is 23.6 Å². The first-order valence-electron chi connectivity index (χ1n) is 9.88. The number of carbonyl (C=O) groups excluding carboxylic acids is 1. The fraction of sp³-hybridized carbons (Fsp3) is 0.250. The molecule has 0 atom stereocenters. The third kappa shape index (κ3) is 3.56. The number of methoxy groups -OCH3 is 1. The van der Waals surface area contributed by atoms with Gasteiger partial charge in [0.05, 0.1) is 24.7 Å². The molecule has 1 saturated heterocycles. The van der Waals surface area contributed by atoms with Crippen LogP contribution in [0.1, 0.15) is 10.7 Å². The van der Waals surface area contributed by atoms with E-state index < -0.39 is 11.7 Å². The summed E-state index contributed by atoms with van der Waals surface area (Å²) in [7, 11) is 1.51. The van der Waals surface area contributed by atoms with E-state index in [0.717, 1.165) is 36.4 Å². The van der Waals surface area contributed by atoms with Crippen molar-refractivity contribution in [3.05, 3.63) is 53.1 Å². The van der Waals surface area contributed by atoms with E-state index in [1.807, 2.05) is 6.07 Å². The van der Waals surface area contributed by atoms with Gasteiger partial charge in [-0.3, -0.25) is 9.78 Å². The molecule has 0 spiro atoms. The number of benzene rings is 1. The first kappa shape index (κ1) is 19.8. The van der Waals surface area contributed by atoms with Gasteiger partial charge in [-0.2, -0.15) is 4.57 Å². The molecule has 1 aliphatic rings. The van der Waals surface area contributed by atoms with Gasteiger partial charge < -0.3 is 29.1 Å². The smallest absolute Gasteiger partial charge is 0.428 e. The van der Waals surface area contributed by atoms with E-state index in [-0.39, 0.29) is 17.5 Å². The number of oxazole rings is 1. The van der Waals surface area contributed by atoms with Crippen LogP contribution in [0.5, 0.6) is 5.75 Å². The molecule has 0 radical (unpaired) electrons. The summed E-state index contributed by atoms with van der Waals surface area (Å²) in [6.45, 7) is 3.31. The number of aromatic nitrogens is 4. The zero-order valence-electron chi connectivity index (χ0n) is 17.1. The fourth-order valence-corrected chi connectivity index (χ4v) is 3.55. The molecule has 2 N–H and O–H groups in total. The Morgan fingerprint density at radius 1 is 1.19 bits per heavy atom. The minimum atomic E-state index is -0.725. The zero-order valence-corrected chi connectivity index (χ0v) is 17.1. The summed E-state index contributed by atoms with van der Waals surface area (Å²) in [5.41, 5.74) is 2.06. The van der Waals surface area contributed by atoms with E-state index in [9.17, 15) is 9.59 Å². The number of anilines is 2. The predicted octanol–water partition coefficient (Wildman–Crippen LogP) is 1.03. The highest BCUT2D eigenvalue weighted by Crippen LogP contribution is 2.26. The zero-order chi connectivity index (χ0) is 22.1. The van der Waals surface area contributed by atoms with Crippen molar-refractivity contribution < 1.29 is 18.4 Å². The lowest BCUT2D eigenvalue weighted by molar-refractivity contribution is 0.0989. The summed E-state index contributed by atoms with van der Waals surface area (Å²) in [5.74, 6) is -1.11. The monoisotopic (exact) mass is 437 g/mol. The topological polar surface area (TPSA) is 141 Å². The van der Waals surface area contributed by atoms with E-state index in [1.165, 1.54) is 7.11 Å². The first-order chi connectivity index (χ1) is 15.6. The maximum absolute atomic E-state index is 12.8. The van der Waals surface area contributed by atoms with Gasteiger partial charge in [-0.15, -0.1) is 5.10 Å². The van der Waals surface area contributed by atoms with Crippen molar-refractivity contribution in [2.45, 2.75) is 0 Å². The van der Waals surface area contributed by atoms with Gasteiger partial charge in [0.15, 0.2) is 5.58 Å². The number of hydrogen-bond acceptors (Lipinski definition) is 10. The van der Waals surface area contributed by atoms with Crippen LogP contribution in [0.3, 0.4) is 0 Å². The second kappa shape index (κ2) is 8.15. The van der Waals surface area contributed by atoms with Crippen LogP contribution >= 0.6 is 0 Å². The minimum Gasteiger partial charge on any atom is -0.497 e. The van der Waals surface area contributed by atoms with Crippen LogP contribution in [0, 0.1) is 0 Å². The van der Waals surface area contributed by atoms with Gasteiger partial charge in [0.25, 0.3) is 0 Å². The van der Waals surface area contributed by atoms with Crippen LogP contribution < -0.4 is 26.0 Å². The molecule has 4 heterocycles.